The summed E-state index contributed by atoms with van der Waals surface area (Å²) in [6.07, 6.45) is -5.55. The minimum atomic E-state index is -4.37. The molecule has 3 N–H and O–H groups in total. The summed E-state index contributed by atoms with van der Waals surface area (Å²) in [5.74, 6) is -0.890. The smallest absolute Gasteiger partial charge is 0.387 e. The zero-order valence-corrected chi connectivity index (χ0v) is 13.5. The number of hydrogen-bond donors (Lipinski definition) is 3. The minimum Gasteiger partial charge on any atom is -0.387 e. The van der Waals surface area contributed by atoms with Gasteiger partial charge in [0, 0.05) is 25.5 Å². The van der Waals surface area contributed by atoms with Gasteiger partial charge in [-0.3, -0.25) is 0 Å². The highest BCUT2D eigenvalue weighted by molar-refractivity contribution is 5.20. The molecule has 136 valence electrons. The third-order valence-corrected chi connectivity index (χ3v) is 3.77. The van der Waals surface area contributed by atoms with Crippen molar-refractivity contribution in [3.05, 3.63) is 11.3 Å². The van der Waals surface area contributed by atoms with E-state index >= 15 is 0 Å². The summed E-state index contributed by atoms with van der Waals surface area (Å²) in [4.78, 5) is 0. The lowest BCUT2D eigenvalue weighted by Crippen LogP contribution is -2.42. The molecular weight excluding hydrogens is 315 g/mol. The van der Waals surface area contributed by atoms with Gasteiger partial charge >= 0.3 is 6.18 Å². The lowest BCUT2D eigenvalue weighted by Gasteiger charge is -2.30. The first-order valence-corrected chi connectivity index (χ1v) is 7.93. The molecule has 0 spiro atoms. The normalized spacial score (nSPS) is 20.3. The lowest BCUT2D eigenvalue weighted by atomic mass is 9.95. The van der Waals surface area contributed by atoms with Gasteiger partial charge in [0.25, 0.3) is 0 Å². The molecule has 23 heavy (non-hydrogen) atoms. The van der Waals surface area contributed by atoms with Crippen molar-refractivity contribution in [3.63, 3.8) is 0 Å². The number of aliphatic hydroxyl groups excluding tert-OH is 2. The molecule has 0 fully saturated rings. The highest BCUT2D eigenvalue weighted by Gasteiger charge is 2.37. The van der Waals surface area contributed by atoms with Gasteiger partial charge in [0.15, 0.2) is 12.6 Å². The first kappa shape index (κ1) is 20.2. The predicted octanol–water partition coefficient (Wildman–Crippen LogP) is 2.29. The van der Waals surface area contributed by atoms with Crippen molar-refractivity contribution in [2.75, 3.05) is 19.8 Å². The summed E-state index contributed by atoms with van der Waals surface area (Å²) in [7, 11) is 0. The molecule has 0 aromatic carbocycles. The quantitative estimate of drug-likeness (QED) is 0.561. The van der Waals surface area contributed by atoms with E-state index in [1.165, 1.54) is 0 Å². The van der Waals surface area contributed by atoms with Crippen LogP contribution in [0.4, 0.5) is 13.2 Å². The molecule has 0 amide bonds. The lowest BCUT2D eigenvalue weighted by molar-refractivity contribution is -0.213. The van der Waals surface area contributed by atoms with Gasteiger partial charge in [-0.25, -0.2) is 0 Å². The zero-order chi connectivity index (χ0) is 17.5. The standard InChI is InChI=1S/C15H26F3NO4/c1-3-22-13(20)10(14(21)23-4-2)9-19-12-8-6-5-7-11(12)15(16,17)18/h10,13-14,19-21H,3-9H2,1-2H3. The van der Waals surface area contributed by atoms with Crippen LogP contribution in [-0.2, 0) is 9.47 Å². The number of halogens is 3. The Labute approximate surface area is 134 Å². The topological polar surface area (TPSA) is 71.0 Å². The molecule has 0 radical (unpaired) electrons. The average molecular weight is 341 g/mol. The number of hydrogen-bond acceptors (Lipinski definition) is 5. The number of nitrogens with one attached hydrogen (secondary N) is 1. The van der Waals surface area contributed by atoms with Gasteiger partial charge in [0.1, 0.15) is 0 Å². The van der Waals surface area contributed by atoms with E-state index in [2.05, 4.69) is 5.32 Å². The second-order valence-electron chi connectivity index (χ2n) is 5.40. The Morgan fingerprint density at radius 2 is 1.57 bits per heavy atom. The maximum Gasteiger partial charge on any atom is 0.414 e. The van der Waals surface area contributed by atoms with Crippen LogP contribution >= 0.6 is 0 Å². The van der Waals surface area contributed by atoms with Crippen LogP contribution in [0.25, 0.3) is 0 Å². The van der Waals surface area contributed by atoms with Gasteiger partial charge in [0.2, 0.25) is 0 Å². The van der Waals surface area contributed by atoms with Gasteiger partial charge in [-0.15, -0.1) is 0 Å². The van der Waals surface area contributed by atoms with E-state index in [0.29, 0.717) is 19.3 Å². The molecule has 0 heterocycles. The van der Waals surface area contributed by atoms with Crippen molar-refractivity contribution in [1.82, 2.24) is 5.32 Å². The summed E-state index contributed by atoms with van der Waals surface area (Å²) in [5, 5.41) is 22.6. The maximum atomic E-state index is 13.0. The SMILES string of the molecule is CCOC(O)C(CNC1=C(C(F)(F)F)CCCC1)C(O)OCC. The van der Waals surface area contributed by atoms with Crippen LogP contribution in [0.15, 0.2) is 11.3 Å². The summed E-state index contributed by atoms with van der Waals surface area (Å²) in [6.45, 7) is 3.70. The molecule has 0 bridgehead atoms. The van der Waals surface area contributed by atoms with Gasteiger partial charge < -0.3 is 25.0 Å². The van der Waals surface area contributed by atoms with Crippen LogP contribution in [0.3, 0.4) is 0 Å². The monoisotopic (exact) mass is 341 g/mol. The van der Waals surface area contributed by atoms with E-state index in [9.17, 15) is 23.4 Å². The van der Waals surface area contributed by atoms with Crippen LogP contribution in [-0.4, -0.2) is 48.7 Å². The molecule has 1 rings (SSSR count). The Kier molecular flexibility index (Phi) is 8.32. The number of ether oxygens (including phenoxy) is 2. The molecule has 0 aromatic rings. The van der Waals surface area contributed by atoms with E-state index in [-0.39, 0.29) is 31.9 Å². The van der Waals surface area contributed by atoms with Crippen molar-refractivity contribution in [1.29, 1.82) is 0 Å². The van der Waals surface area contributed by atoms with Crippen LogP contribution in [0.1, 0.15) is 39.5 Å². The average Bonchev–Trinajstić information content (AvgIpc) is 2.47. The molecule has 0 saturated heterocycles. The fourth-order valence-electron chi connectivity index (χ4n) is 2.59. The van der Waals surface area contributed by atoms with Crippen LogP contribution in [0.2, 0.25) is 0 Å². The van der Waals surface area contributed by atoms with Gasteiger partial charge in [-0.2, -0.15) is 13.2 Å². The fourth-order valence-corrected chi connectivity index (χ4v) is 2.59. The molecular formula is C15H26F3NO4. The first-order chi connectivity index (χ1) is 10.8. The molecule has 0 aromatic heterocycles. The second-order valence-corrected chi connectivity index (χ2v) is 5.40. The molecule has 0 aliphatic heterocycles. The van der Waals surface area contributed by atoms with Gasteiger partial charge in [-0.05, 0) is 39.5 Å². The van der Waals surface area contributed by atoms with E-state index in [0.717, 1.165) is 0 Å². The van der Waals surface area contributed by atoms with Crippen molar-refractivity contribution < 1.29 is 32.9 Å². The molecule has 1 aliphatic rings. The molecule has 8 heteroatoms. The largest absolute Gasteiger partial charge is 0.414 e. The Bertz CT molecular complexity index is 375. The summed E-state index contributed by atoms with van der Waals surface area (Å²) in [5.41, 5.74) is -0.430. The minimum absolute atomic E-state index is 0.0154. The molecule has 1 aliphatic carbocycles. The number of rotatable bonds is 9. The van der Waals surface area contributed by atoms with Crippen molar-refractivity contribution in [2.45, 2.75) is 58.3 Å². The van der Waals surface area contributed by atoms with Crippen molar-refractivity contribution in [3.8, 4) is 0 Å². The first-order valence-electron chi connectivity index (χ1n) is 7.93. The number of allylic oxidation sites excluding steroid dienone is 2. The Hall–Kier alpha value is -0.830. The van der Waals surface area contributed by atoms with E-state index in [4.69, 9.17) is 9.47 Å². The van der Waals surface area contributed by atoms with E-state index in [1.54, 1.807) is 13.8 Å². The van der Waals surface area contributed by atoms with Crippen LogP contribution in [0, 0.1) is 5.92 Å². The van der Waals surface area contributed by atoms with Gasteiger partial charge in [0.05, 0.1) is 11.5 Å². The second kappa shape index (κ2) is 9.46. The summed E-state index contributed by atoms with van der Waals surface area (Å²) < 4.78 is 49.2. The molecule has 2 atom stereocenters. The van der Waals surface area contributed by atoms with Crippen LogP contribution in [0.5, 0.6) is 0 Å². The number of alkyl halides is 3. The Morgan fingerprint density at radius 3 is 2.04 bits per heavy atom. The molecule has 0 saturated carbocycles. The maximum absolute atomic E-state index is 13.0. The highest BCUT2D eigenvalue weighted by Crippen LogP contribution is 2.36. The van der Waals surface area contributed by atoms with E-state index in [1.807, 2.05) is 0 Å². The zero-order valence-electron chi connectivity index (χ0n) is 13.5. The van der Waals surface area contributed by atoms with Crippen molar-refractivity contribution >= 4 is 0 Å². The third kappa shape index (κ3) is 6.29. The summed E-state index contributed by atoms with van der Waals surface area (Å²) >= 11 is 0. The molecule has 5 nitrogen and oxygen atoms in total. The Morgan fingerprint density at radius 1 is 1.04 bits per heavy atom. The fraction of sp³-hybridized carbons (Fsp3) is 0.867. The van der Waals surface area contributed by atoms with Crippen LogP contribution < -0.4 is 5.32 Å². The van der Waals surface area contributed by atoms with Crippen molar-refractivity contribution in [2.24, 2.45) is 5.92 Å². The number of aliphatic hydroxyl groups is 2. The Balaban J connectivity index is 2.80. The van der Waals surface area contributed by atoms with Gasteiger partial charge in [-0.1, -0.05) is 0 Å². The third-order valence-electron chi connectivity index (χ3n) is 3.77. The predicted molar refractivity (Wildman–Crippen MR) is 78.3 cm³/mol. The molecule has 2 unspecified atom stereocenters. The highest BCUT2D eigenvalue weighted by atomic mass is 19.4. The van der Waals surface area contributed by atoms with E-state index < -0.39 is 30.2 Å². The summed E-state index contributed by atoms with van der Waals surface area (Å²) in [6, 6.07) is 0.